The van der Waals surface area contributed by atoms with E-state index in [1.165, 1.54) is 12.1 Å². The summed E-state index contributed by atoms with van der Waals surface area (Å²) >= 11 is 0. The lowest BCUT2D eigenvalue weighted by Gasteiger charge is -2.21. The molecule has 0 bridgehead atoms. The van der Waals surface area contributed by atoms with Crippen molar-refractivity contribution in [2.24, 2.45) is 5.14 Å². The number of hydrogen-bond donors (Lipinski definition) is 3. The average molecular weight is 464 g/mol. The van der Waals surface area contributed by atoms with Crippen molar-refractivity contribution in [1.29, 1.82) is 0 Å². The third-order valence-corrected chi connectivity index (χ3v) is 6.24. The summed E-state index contributed by atoms with van der Waals surface area (Å²) in [7, 11) is 0.0278. The van der Waals surface area contributed by atoms with Crippen LogP contribution in [0, 0.1) is 0 Å². The minimum absolute atomic E-state index is 0.00926. The Morgan fingerprint density at radius 2 is 1.82 bits per heavy atom. The number of amides is 1. The molecule has 0 aliphatic carbocycles. The zero-order valence-electron chi connectivity index (χ0n) is 18.3. The number of carbonyl (C=O) groups is 1. The molecule has 9 heteroatoms. The summed E-state index contributed by atoms with van der Waals surface area (Å²) in [5.74, 6) is -0.456. The van der Waals surface area contributed by atoms with Gasteiger partial charge >= 0.3 is 0 Å². The van der Waals surface area contributed by atoms with E-state index in [-0.39, 0.29) is 16.7 Å². The lowest BCUT2D eigenvalue weighted by Crippen LogP contribution is -2.30. The monoisotopic (exact) mass is 463 g/mol. The number of rotatable bonds is 7. The molecule has 8 nitrogen and oxygen atoms in total. The van der Waals surface area contributed by atoms with E-state index in [0.717, 1.165) is 16.5 Å². The molecule has 1 aromatic heterocycles. The predicted octanol–water partition coefficient (Wildman–Crippen LogP) is 3.16. The van der Waals surface area contributed by atoms with Crippen LogP contribution < -0.4 is 10.5 Å². The highest BCUT2D eigenvalue weighted by molar-refractivity contribution is 7.89. The highest BCUT2D eigenvalue weighted by Crippen LogP contribution is 2.30. The zero-order chi connectivity index (χ0) is 23.6. The van der Waals surface area contributed by atoms with E-state index in [0.29, 0.717) is 23.5 Å². The lowest BCUT2D eigenvalue weighted by atomic mass is 9.97. The van der Waals surface area contributed by atoms with E-state index >= 15 is 0 Å². The molecule has 0 saturated carbocycles. The molecule has 0 spiro atoms. The van der Waals surface area contributed by atoms with E-state index < -0.39 is 10.0 Å². The van der Waals surface area contributed by atoms with Crippen LogP contribution in [0.3, 0.4) is 0 Å². The van der Waals surface area contributed by atoms with Crippen molar-refractivity contribution in [2.45, 2.75) is 10.8 Å². The summed E-state index contributed by atoms with van der Waals surface area (Å²) < 4.78 is 23.5. The molecule has 4 aromatic rings. The number of hydrogen-bond acceptors (Lipinski definition) is 5. The predicted molar refractivity (Wildman–Crippen MR) is 129 cm³/mol. The highest BCUT2D eigenvalue weighted by atomic mass is 32.2. The smallest absolute Gasteiger partial charge is 0.238 e. The van der Waals surface area contributed by atoms with Gasteiger partial charge in [0.2, 0.25) is 15.9 Å². The summed E-state index contributed by atoms with van der Waals surface area (Å²) in [5, 5.41) is 16.3. The van der Waals surface area contributed by atoms with Crippen LogP contribution in [-0.4, -0.2) is 50.1 Å². The van der Waals surface area contributed by atoms with Gasteiger partial charge in [-0.2, -0.15) is 5.10 Å². The number of carbonyl (C=O) groups excluding carboxylic acids is 1. The Bertz CT molecular complexity index is 1400. The topological polar surface area (TPSA) is 121 Å². The quantitative estimate of drug-likeness (QED) is 0.389. The van der Waals surface area contributed by atoms with Crippen LogP contribution in [0.4, 0.5) is 5.69 Å². The summed E-state index contributed by atoms with van der Waals surface area (Å²) in [6.45, 7) is 0.565. The Kier molecular flexibility index (Phi) is 6.28. The number of likely N-dealkylation sites (N-methyl/N-ethyl adjacent to an activating group) is 1. The molecule has 3 aromatic carbocycles. The molecule has 0 aliphatic rings. The van der Waals surface area contributed by atoms with Crippen LogP contribution in [0.15, 0.2) is 77.7 Å². The number of nitrogens with one attached hydrogen (secondary N) is 2. The van der Waals surface area contributed by atoms with Gasteiger partial charge in [0, 0.05) is 23.2 Å². The minimum Gasteiger partial charge on any atom is -0.325 e. The second-order valence-electron chi connectivity index (χ2n) is 8.12. The van der Waals surface area contributed by atoms with Crippen LogP contribution >= 0.6 is 0 Å². The first-order chi connectivity index (χ1) is 15.7. The number of H-pyrrole nitrogens is 1. The molecule has 0 radical (unpaired) electrons. The molecule has 33 heavy (non-hydrogen) atoms. The maximum atomic E-state index is 13.2. The Balaban J connectivity index is 1.67. The second-order valence-corrected chi connectivity index (χ2v) is 9.68. The number of anilines is 1. The first kappa shape index (κ1) is 22.7. The van der Waals surface area contributed by atoms with Gasteiger partial charge in [-0.05, 0) is 50.0 Å². The van der Waals surface area contributed by atoms with E-state index in [2.05, 4.69) is 15.5 Å². The van der Waals surface area contributed by atoms with Crippen molar-refractivity contribution in [2.75, 3.05) is 26.0 Å². The van der Waals surface area contributed by atoms with Crippen LogP contribution in [-0.2, 0) is 14.8 Å². The number of fused-ring (bicyclic) bond motifs is 1. The first-order valence-corrected chi connectivity index (χ1v) is 11.9. The number of aromatic amines is 1. The van der Waals surface area contributed by atoms with Gasteiger partial charge in [0.1, 0.15) is 5.69 Å². The van der Waals surface area contributed by atoms with Crippen LogP contribution in [0.25, 0.3) is 22.2 Å². The first-order valence-electron chi connectivity index (χ1n) is 10.3. The fraction of sp³-hybridized carbons (Fsp3) is 0.167. The summed E-state index contributed by atoms with van der Waals surface area (Å²) in [5.41, 5.74) is 3.49. The fourth-order valence-electron chi connectivity index (χ4n) is 3.75. The standard InChI is InChI=1S/C24H25N5O3S/c1-29(2)15-21(16-7-4-3-5-8-16)24(30)26-18-11-12-22-20(14-18)23(28-27-22)17-9-6-10-19(13-17)33(25,31)32/h3-14,21H,15H2,1-2H3,(H,26,30)(H,27,28)(H2,25,31,32). The lowest BCUT2D eigenvalue weighted by molar-refractivity contribution is -0.117. The van der Waals surface area contributed by atoms with Crippen molar-refractivity contribution >= 4 is 32.5 Å². The molecule has 4 rings (SSSR count). The molecule has 4 N–H and O–H groups in total. The summed E-state index contributed by atoms with van der Waals surface area (Å²) in [4.78, 5) is 15.2. The van der Waals surface area contributed by atoms with E-state index in [9.17, 15) is 13.2 Å². The molecule has 170 valence electrons. The van der Waals surface area contributed by atoms with Gasteiger partial charge in [0.15, 0.2) is 0 Å². The number of aromatic nitrogens is 2. The molecular weight excluding hydrogens is 438 g/mol. The maximum absolute atomic E-state index is 13.2. The minimum atomic E-state index is -3.84. The van der Waals surface area contributed by atoms with Crippen molar-refractivity contribution in [3.8, 4) is 11.3 Å². The van der Waals surface area contributed by atoms with Crippen molar-refractivity contribution in [3.63, 3.8) is 0 Å². The maximum Gasteiger partial charge on any atom is 0.238 e. The Morgan fingerprint density at radius 1 is 1.06 bits per heavy atom. The van der Waals surface area contributed by atoms with Gasteiger partial charge < -0.3 is 10.2 Å². The highest BCUT2D eigenvalue weighted by Gasteiger charge is 2.22. The summed E-state index contributed by atoms with van der Waals surface area (Å²) in [6, 6.07) is 21.4. The second kappa shape index (κ2) is 9.14. The normalized spacial score (nSPS) is 12.7. The van der Waals surface area contributed by atoms with Gasteiger partial charge in [-0.1, -0.05) is 42.5 Å². The average Bonchev–Trinajstić information content (AvgIpc) is 3.21. The van der Waals surface area contributed by atoms with Crippen LogP contribution in [0.1, 0.15) is 11.5 Å². The van der Waals surface area contributed by atoms with Crippen LogP contribution in [0.5, 0.6) is 0 Å². The molecule has 1 unspecified atom stereocenters. The van der Waals surface area contributed by atoms with Gasteiger partial charge in [-0.3, -0.25) is 9.89 Å². The third-order valence-electron chi connectivity index (χ3n) is 5.33. The molecular formula is C24H25N5O3S. The number of nitrogens with zero attached hydrogens (tertiary/aromatic N) is 2. The van der Waals surface area contributed by atoms with Gasteiger partial charge in [-0.25, -0.2) is 13.6 Å². The number of sulfonamides is 1. The zero-order valence-corrected chi connectivity index (χ0v) is 19.1. The molecule has 0 aliphatic heterocycles. The van der Waals surface area contributed by atoms with Gasteiger partial charge in [0.05, 0.1) is 16.3 Å². The number of nitrogens with two attached hydrogens (primary N) is 1. The van der Waals surface area contributed by atoms with E-state index in [1.807, 2.05) is 61.5 Å². The van der Waals surface area contributed by atoms with Gasteiger partial charge in [-0.15, -0.1) is 0 Å². The van der Waals surface area contributed by atoms with E-state index in [1.54, 1.807) is 18.2 Å². The summed E-state index contributed by atoms with van der Waals surface area (Å²) in [6.07, 6.45) is 0. The molecule has 1 heterocycles. The Hall–Kier alpha value is -3.53. The molecule has 1 amide bonds. The number of benzene rings is 3. The Morgan fingerprint density at radius 3 is 2.52 bits per heavy atom. The molecule has 0 saturated heterocycles. The molecule has 1 atom stereocenters. The van der Waals surface area contributed by atoms with Gasteiger partial charge in [0.25, 0.3) is 0 Å². The largest absolute Gasteiger partial charge is 0.325 e. The van der Waals surface area contributed by atoms with E-state index in [4.69, 9.17) is 5.14 Å². The van der Waals surface area contributed by atoms with Crippen LogP contribution in [0.2, 0.25) is 0 Å². The van der Waals surface area contributed by atoms with Crippen molar-refractivity contribution in [3.05, 3.63) is 78.4 Å². The Labute approximate surface area is 192 Å². The number of primary sulfonamides is 1. The third kappa shape index (κ3) is 5.11. The fourth-order valence-corrected chi connectivity index (χ4v) is 4.31. The SMILES string of the molecule is CN(C)CC(C(=O)Nc1ccc2[nH]nc(-c3cccc(S(N)(=O)=O)c3)c2c1)c1ccccc1. The molecule has 0 fully saturated rings. The van der Waals surface area contributed by atoms with Crippen molar-refractivity contribution in [1.82, 2.24) is 15.1 Å². The van der Waals surface area contributed by atoms with Crippen molar-refractivity contribution < 1.29 is 13.2 Å².